The Balaban J connectivity index is 2.08. The van der Waals surface area contributed by atoms with Gasteiger partial charge >= 0.3 is 13.3 Å². The van der Waals surface area contributed by atoms with E-state index in [2.05, 4.69) is 0 Å². The lowest BCUT2D eigenvalue weighted by Crippen LogP contribution is -2.13. The molecule has 30 heavy (non-hydrogen) atoms. The highest BCUT2D eigenvalue weighted by Crippen LogP contribution is 2.39. The first-order valence-corrected chi connectivity index (χ1v) is 11.4. The van der Waals surface area contributed by atoms with Crippen LogP contribution in [0, 0.1) is 20.8 Å². The van der Waals surface area contributed by atoms with Crippen LogP contribution >= 0.6 is 42.6 Å². The molecule has 1 unspecified atom stereocenters. The minimum atomic E-state index is -2.65. The van der Waals surface area contributed by atoms with E-state index in [1.807, 2.05) is 19.1 Å². The smallest absolute Gasteiger partial charge is 0.289 e. The van der Waals surface area contributed by atoms with Gasteiger partial charge in [-0.3, -0.25) is 4.79 Å². The predicted molar refractivity (Wildman–Crippen MR) is 124 cm³/mol. The second-order valence-electron chi connectivity index (χ2n) is 6.95. The molecule has 0 aliphatic carbocycles. The number of carbonyl (C=O) groups excluding carboxylic acids is 2. The predicted octanol–water partition coefficient (Wildman–Crippen LogP) is 7.10. The van der Waals surface area contributed by atoms with Crippen molar-refractivity contribution in [1.29, 1.82) is 0 Å². The monoisotopic (exact) mass is 477 g/mol. The van der Waals surface area contributed by atoms with Crippen LogP contribution < -0.4 is 5.30 Å². The van der Waals surface area contributed by atoms with Crippen LogP contribution in [0.3, 0.4) is 0 Å². The molecule has 3 rings (SSSR count). The topological polar surface area (TPSA) is 51.2 Å². The van der Waals surface area contributed by atoms with Gasteiger partial charge in [0.25, 0.3) is 0 Å². The van der Waals surface area contributed by atoms with Crippen molar-refractivity contribution in [3.8, 4) is 0 Å². The number of rotatable bonds is 5. The number of aryl methyl sites for hydroxylation is 3. The number of hydrogen-bond acceptors (Lipinski definition) is 3. The van der Waals surface area contributed by atoms with Crippen molar-refractivity contribution >= 4 is 59.2 Å². The zero-order chi connectivity index (χ0) is 22.2. The number of halogens is 3. The van der Waals surface area contributed by atoms with Gasteiger partial charge in [-0.05, 0) is 38.0 Å². The first-order chi connectivity index (χ1) is 14.1. The van der Waals surface area contributed by atoms with Gasteiger partial charge in [0, 0.05) is 11.1 Å². The lowest BCUT2D eigenvalue weighted by atomic mass is 10.0. The fourth-order valence-electron chi connectivity index (χ4n) is 3.40. The van der Waals surface area contributed by atoms with Crippen molar-refractivity contribution in [2.75, 3.05) is 0 Å². The van der Waals surface area contributed by atoms with Crippen LogP contribution in [0.2, 0.25) is 15.1 Å². The van der Waals surface area contributed by atoms with Gasteiger partial charge < -0.3 is 0 Å². The van der Waals surface area contributed by atoms with E-state index in [1.54, 1.807) is 44.2 Å². The minimum absolute atomic E-state index is 0.0411. The molecule has 3 aromatic rings. The summed E-state index contributed by atoms with van der Waals surface area (Å²) in [7, 11) is -2.65. The Labute approximate surface area is 190 Å². The molecule has 3 nitrogen and oxygen atoms in total. The standard InChI is InChI=1S/C23H17Cl3O3P/c1-12-9-13(2)18(14(3)10-12)23(28)30(29)22-17(24)11-16(19(25)20(22)26)21(27)15-7-5-4-6-8-15/h4-11H,1-3H3/q+1. The van der Waals surface area contributed by atoms with Crippen molar-refractivity contribution in [3.63, 3.8) is 0 Å². The Bertz CT molecular complexity index is 1180. The van der Waals surface area contributed by atoms with Crippen LogP contribution in [-0.2, 0) is 4.57 Å². The van der Waals surface area contributed by atoms with E-state index in [9.17, 15) is 14.2 Å². The summed E-state index contributed by atoms with van der Waals surface area (Å²) in [4.78, 5) is 25.8. The van der Waals surface area contributed by atoms with Gasteiger partial charge in [0.2, 0.25) is 5.30 Å². The van der Waals surface area contributed by atoms with Gasteiger partial charge in [0.05, 0.1) is 15.6 Å². The van der Waals surface area contributed by atoms with E-state index >= 15 is 0 Å². The van der Waals surface area contributed by atoms with Crippen molar-refractivity contribution in [2.45, 2.75) is 20.8 Å². The quantitative estimate of drug-likeness (QED) is 0.223. The average Bonchev–Trinajstić information content (AvgIpc) is 2.70. The summed E-state index contributed by atoms with van der Waals surface area (Å²) in [6.45, 7) is 5.49. The van der Waals surface area contributed by atoms with Crippen LogP contribution in [0.5, 0.6) is 0 Å². The summed E-state index contributed by atoms with van der Waals surface area (Å²) in [6.07, 6.45) is 0. The summed E-state index contributed by atoms with van der Waals surface area (Å²) >= 11 is 19.0. The molecule has 0 spiro atoms. The Morgan fingerprint density at radius 3 is 1.97 bits per heavy atom. The highest BCUT2D eigenvalue weighted by Gasteiger charge is 2.40. The van der Waals surface area contributed by atoms with E-state index < -0.39 is 13.3 Å². The average molecular weight is 479 g/mol. The SMILES string of the molecule is Cc1cc(C)c(C(=O)[P+](=O)c2c(Cl)cc(C(=O)c3ccccc3)c(Cl)c2Cl)c(C)c1. The fourth-order valence-corrected chi connectivity index (χ4v) is 5.93. The van der Waals surface area contributed by atoms with Crippen LogP contribution in [-0.4, -0.2) is 11.3 Å². The van der Waals surface area contributed by atoms with Crippen molar-refractivity contribution < 1.29 is 14.2 Å². The van der Waals surface area contributed by atoms with Crippen molar-refractivity contribution in [2.24, 2.45) is 0 Å². The molecule has 152 valence electrons. The maximum atomic E-state index is 13.2. The summed E-state index contributed by atoms with van der Waals surface area (Å²) in [5.74, 6) is -0.372. The maximum absolute atomic E-state index is 13.2. The van der Waals surface area contributed by atoms with Crippen LogP contribution in [0.15, 0.2) is 48.5 Å². The fraction of sp³-hybridized carbons (Fsp3) is 0.130. The lowest BCUT2D eigenvalue weighted by molar-refractivity contribution is 0.103. The van der Waals surface area contributed by atoms with Crippen LogP contribution in [0.1, 0.15) is 43.0 Å². The normalized spacial score (nSPS) is 11.3. The van der Waals surface area contributed by atoms with Crippen molar-refractivity contribution in [1.82, 2.24) is 0 Å². The molecule has 0 saturated heterocycles. The molecule has 0 aliphatic rings. The van der Waals surface area contributed by atoms with Gasteiger partial charge in [-0.15, -0.1) is 0 Å². The molecule has 0 aliphatic heterocycles. The van der Waals surface area contributed by atoms with Gasteiger partial charge in [-0.2, -0.15) is 0 Å². The van der Waals surface area contributed by atoms with Gasteiger partial charge in [-0.1, -0.05) is 87.4 Å². The molecule has 0 fully saturated rings. The second-order valence-corrected chi connectivity index (χ2v) is 9.56. The molecular formula is C23H17Cl3O3P+. The maximum Gasteiger partial charge on any atom is 0.461 e. The first-order valence-electron chi connectivity index (χ1n) is 9.00. The summed E-state index contributed by atoms with van der Waals surface area (Å²) in [6, 6.07) is 13.5. The molecule has 0 aromatic heterocycles. The molecule has 0 N–H and O–H groups in total. The van der Waals surface area contributed by atoms with E-state index in [0.717, 1.165) is 16.7 Å². The Morgan fingerprint density at radius 2 is 1.40 bits per heavy atom. The first kappa shape index (κ1) is 22.7. The van der Waals surface area contributed by atoms with Crippen LogP contribution in [0.4, 0.5) is 0 Å². The Hall–Kier alpha value is -2.03. The summed E-state index contributed by atoms with van der Waals surface area (Å²) < 4.78 is 13.2. The van der Waals surface area contributed by atoms with E-state index in [1.165, 1.54) is 6.07 Å². The molecule has 0 saturated carbocycles. The summed E-state index contributed by atoms with van der Waals surface area (Å²) in [5, 5.41) is -0.341. The molecular weight excluding hydrogens is 462 g/mol. The minimum Gasteiger partial charge on any atom is -0.289 e. The van der Waals surface area contributed by atoms with Crippen LogP contribution in [0.25, 0.3) is 0 Å². The molecule has 0 heterocycles. The Kier molecular flexibility index (Phi) is 6.79. The lowest BCUT2D eigenvalue weighted by Gasteiger charge is -2.08. The van der Waals surface area contributed by atoms with E-state index in [-0.39, 0.29) is 31.7 Å². The molecule has 0 radical (unpaired) electrons. The largest absolute Gasteiger partial charge is 0.461 e. The Morgan fingerprint density at radius 1 is 0.833 bits per heavy atom. The van der Waals surface area contributed by atoms with Gasteiger partial charge in [0.15, 0.2) is 5.78 Å². The third kappa shape index (κ3) is 4.22. The van der Waals surface area contributed by atoms with Crippen molar-refractivity contribution in [3.05, 3.63) is 97.0 Å². The number of benzene rings is 3. The number of carbonyl (C=O) groups is 2. The number of hydrogen-bond donors (Lipinski definition) is 0. The molecule has 7 heteroatoms. The van der Waals surface area contributed by atoms with E-state index in [4.69, 9.17) is 34.8 Å². The van der Waals surface area contributed by atoms with Gasteiger partial charge in [-0.25, -0.2) is 4.79 Å². The third-order valence-corrected chi connectivity index (χ3v) is 7.59. The highest BCUT2D eigenvalue weighted by atomic mass is 35.5. The third-order valence-electron chi connectivity index (χ3n) is 4.69. The zero-order valence-electron chi connectivity index (χ0n) is 16.4. The number of ketones is 1. The van der Waals surface area contributed by atoms with Gasteiger partial charge in [0.1, 0.15) is 5.02 Å². The molecule has 3 aromatic carbocycles. The molecule has 1 atom stereocenters. The second kappa shape index (κ2) is 8.99. The zero-order valence-corrected chi connectivity index (χ0v) is 19.6. The molecule has 0 bridgehead atoms. The summed E-state index contributed by atoms with van der Waals surface area (Å²) in [5.41, 5.74) is 2.71. The van der Waals surface area contributed by atoms with E-state index in [0.29, 0.717) is 11.1 Å². The molecule has 0 amide bonds. The highest BCUT2D eigenvalue weighted by molar-refractivity contribution is 7.72.